The van der Waals surface area contributed by atoms with Crippen LogP contribution in [0.4, 0.5) is 0 Å². The van der Waals surface area contributed by atoms with Gasteiger partial charge >= 0.3 is 0 Å². The van der Waals surface area contributed by atoms with E-state index >= 15 is 0 Å². The quantitative estimate of drug-likeness (QED) is 0.721. The van der Waals surface area contributed by atoms with Gasteiger partial charge in [0.15, 0.2) is 0 Å². The maximum atomic E-state index is 12.2. The highest BCUT2D eigenvalue weighted by atomic mass is 16.5. The van der Waals surface area contributed by atoms with Crippen LogP contribution < -0.4 is 0 Å². The molecule has 1 amide bonds. The van der Waals surface area contributed by atoms with E-state index in [9.17, 15) is 4.79 Å². The number of likely N-dealkylation sites (tertiary alicyclic amines) is 1. The number of rotatable bonds is 0. The van der Waals surface area contributed by atoms with Crippen molar-refractivity contribution in [3.05, 3.63) is 17.5 Å². The molecule has 4 nitrogen and oxygen atoms in total. The molecular weight excluding hydrogens is 240 g/mol. The molecule has 1 aliphatic carbocycles. The summed E-state index contributed by atoms with van der Waals surface area (Å²) in [6, 6.07) is 0. The van der Waals surface area contributed by atoms with Gasteiger partial charge in [-0.1, -0.05) is 25.9 Å². The molecule has 0 N–H and O–H groups in total. The zero-order chi connectivity index (χ0) is 13.8. The normalized spacial score (nSPS) is 33.6. The van der Waals surface area contributed by atoms with Crippen molar-refractivity contribution in [2.75, 3.05) is 13.6 Å². The minimum Gasteiger partial charge on any atom is -0.361 e. The van der Waals surface area contributed by atoms with E-state index in [0.717, 1.165) is 25.1 Å². The van der Waals surface area contributed by atoms with Gasteiger partial charge in [0.05, 0.1) is 6.20 Å². The molecule has 1 fully saturated rings. The lowest BCUT2D eigenvalue weighted by atomic mass is 9.55. The van der Waals surface area contributed by atoms with Crippen molar-refractivity contribution >= 4 is 5.91 Å². The van der Waals surface area contributed by atoms with Crippen molar-refractivity contribution in [2.45, 2.75) is 45.4 Å². The minimum absolute atomic E-state index is 0.0178. The van der Waals surface area contributed by atoms with E-state index < -0.39 is 0 Å². The van der Waals surface area contributed by atoms with Gasteiger partial charge in [0.2, 0.25) is 5.91 Å². The third kappa shape index (κ3) is 1.72. The average molecular weight is 262 g/mol. The number of aromatic nitrogens is 1. The third-order valence-electron chi connectivity index (χ3n) is 5.27. The van der Waals surface area contributed by atoms with E-state index in [1.807, 2.05) is 18.1 Å². The van der Waals surface area contributed by atoms with Crippen LogP contribution in [0.25, 0.3) is 0 Å². The van der Waals surface area contributed by atoms with Gasteiger partial charge in [-0.3, -0.25) is 4.79 Å². The van der Waals surface area contributed by atoms with Gasteiger partial charge in [-0.25, -0.2) is 0 Å². The van der Waals surface area contributed by atoms with Crippen LogP contribution in [0.5, 0.6) is 0 Å². The fourth-order valence-electron chi connectivity index (χ4n) is 4.33. The molecule has 2 aliphatic rings. The first-order valence-corrected chi connectivity index (χ1v) is 7.02. The smallest absolute Gasteiger partial charge is 0.222 e. The van der Waals surface area contributed by atoms with Crippen LogP contribution in [0.1, 0.15) is 44.9 Å². The lowest BCUT2D eigenvalue weighted by Crippen LogP contribution is -2.46. The van der Waals surface area contributed by atoms with E-state index in [1.165, 1.54) is 5.56 Å². The average Bonchev–Trinajstić information content (AvgIpc) is 2.71. The Balaban J connectivity index is 2.08. The first kappa shape index (κ1) is 12.7. The molecule has 3 rings (SSSR count). The van der Waals surface area contributed by atoms with Crippen molar-refractivity contribution in [3.63, 3.8) is 0 Å². The van der Waals surface area contributed by atoms with Gasteiger partial charge in [0.1, 0.15) is 5.76 Å². The second-order valence-electron chi connectivity index (χ2n) is 7.07. The lowest BCUT2D eigenvalue weighted by molar-refractivity contribution is -0.131. The predicted octanol–water partition coefficient (Wildman–Crippen LogP) is 2.38. The molecule has 4 heteroatoms. The summed E-state index contributed by atoms with van der Waals surface area (Å²) in [6.07, 6.45) is 4.39. The summed E-state index contributed by atoms with van der Waals surface area (Å²) in [5.74, 6) is 1.74. The Hall–Kier alpha value is -1.32. The van der Waals surface area contributed by atoms with Gasteiger partial charge in [-0.05, 0) is 24.2 Å². The molecule has 2 atom stereocenters. The highest BCUT2D eigenvalue weighted by molar-refractivity contribution is 5.77. The molecule has 0 aromatic carbocycles. The zero-order valence-electron chi connectivity index (χ0n) is 12.2. The van der Waals surface area contributed by atoms with Gasteiger partial charge < -0.3 is 9.42 Å². The molecule has 1 aromatic heterocycles. The summed E-state index contributed by atoms with van der Waals surface area (Å²) in [4.78, 5) is 14.1. The third-order valence-corrected chi connectivity index (χ3v) is 5.27. The number of fused-ring (bicyclic) bond motifs is 2. The molecule has 0 bridgehead atoms. The summed E-state index contributed by atoms with van der Waals surface area (Å²) >= 11 is 0. The molecular formula is C15H22N2O2. The summed E-state index contributed by atoms with van der Waals surface area (Å²) in [5, 5.41) is 3.98. The van der Waals surface area contributed by atoms with Crippen molar-refractivity contribution < 1.29 is 9.32 Å². The zero-order valence-corrected chi connectivity index (χ0v) is 12.2. The fraction of sp³-hybridized carbons (Fsp3) is 0.733. The van der Waals surface area contributed by atoms with Crippen LogP contribution in [0.15, 0.2) is 10.7 Å². The molecule has 0 saturated carbocycles. The second kappa shape index (κ2) is 3.84. The molecule has 2 heterocycles. The Kier molecular flexibility index (Phi) is 2.57. The summed E-state index contributed by atoms with van der Waals surface area (Å²) in [7, 11) is 1.91. The van der Waals surface area contributed by atoms with Crippen molar-refractivity contribution in [1.29, 1.82) is 0 Å². The van der Waals surface area contributed by atoms with Gasteiger partial charge in [-0.15, -0.1) is 0 Å². The van der Waals surface area contributed by atoms with Crippen LogP contribution >= 0.6 is 0 Å². The SMILES string of the molecule is CN1CC[C@H]2C(C)(C)c3oncc3C[C@]2(C)CC1=O. The molecule has 0 radical (unpaired) electrons. The number of hydrogen-bond donors (Lipinski definition) is 0. The summed E-state index contributed by atoms with van der Waals surface area (Å²) in [6.45, 7) is 7.56. The Morgan fingerprint density at radius 2 is 2.11 bits per heavy atom. The maximum absolute atomic E-state index is 12.2. The Bertz CT molecular complexity index is 520. The largest absolute Gasteiger partial charge is 0.361 e. The first-order chi connectivity index (χ1) is 8.84. The molecule has 0 unspecified atom stereocenters. The van der Waals surface area contributed by atoms with Gasteiger partial charge in [-0.2, -0.15) is 0 Å². The highest BCUT2D eigenvalue weighted by Crippen LogP contribution is 2.54. The Morgan fingerprint density at radius 1 is 1.37 bits per heavy atom. The van der Waals surface area contributed by atoms with Crippen molar-refractivity contribution in [2.24, 2.45) is 11.3 Å². The van der Waals surface area contributed by atoms with E-state index in [4.69, 9.17) is 4.52 Å². The first-order valence-electron chi connectivity index (χ1n) is 7.02. The Morgan fingerprint density at radius 3 is 2.84 bits per heavy atom. The van der Waals surface area contributed by atoms with Gasteiger partial charge in [0.25, 0.3) is 0 Å². The van der Waals surface area contributed by atoms with Gasteiger partial charge in [0, 0.05) is 31.0 Å². The van der Waals surface area contributed by atoms with E-state index in [2.05, 4.69) is 25.9 Å². The summed E-state index contributed by atoms with van der Waals surface area (Å²) < 4.78 is 5.51. The monoisotopic (exact) mass is 262 g/mol. The number of nitrogens with zero attached hydrogens (tertiary/aromatic N) is 2. The number of amides is 1. The number of carbonyl (C=O) groups excluding carboxylic acids is 1. The number of carbonyl (C=O) groups is 1. The minimum atomic E-state index is -0.0513. The van der Waals surface area contributed by atoms with E-state index in [1.54, 1.807) is 0 Å². The fourth-order valence-corrected chi connectivity index (χ4v) is 4.33. The highest BCUT2D eigenvalue weighted by Gasteiger charge is 2.53. The van der Waals surface area contributed by atoms with E-state index in [-0.39, 0.29) is 16.7 Å². The molecule has 1 saturated heterocycles. The van der Waals surface area contributed by atoms with Crippen molar-refractivity contribution in [1.82, 2.24) is 10.1 Å². The van der Waals surface area contributed by atoms with Crippen molar-refractivity contribution in [3.8, 4) is 0 Å². The molecule has 19 heavy (non-hydrogen) atoms. The second-order valence-corrected chi connectivity index (χ2v) is 7.07. The van der Waals surface area contributed by atoms with Crippen LogP contribution in [-0.2, 0) is 16.6 Å². The molecule has 0 spiro atoms. The Labute approximate surface area is 114 Å². The number of hydrogen-bond acceptors (Lipinski definition) is 3. The maximum Gasteiger partial charge on any atom is 0.222 e. The molecule has 1 aliphatic heterocycles. The van der Waals surface area contributed by atoms with Crippen LogP contribution in [0, 0.1) is 11.3 Å². The lowest BCUT2D eigenvalue weighted by Gasteiger charge is -2.48. The molecule has 1 aromatic rings. The molecule has 104 valence electrons. The van der Waals surface area contributed by atoms with Crippen LogP contribution in [0.3, 0.4) is 0 Å². The predicted molar refractivity (Wildman–Crippen MR) is 71.7 cm³/mol. The van der Waals surface area contributed by atoms with Crippen LogP contribution in [-0.4, -0.2) is 29.6 Å². The summed E-state index contributed by atoms with van der Waals surface area (Å²) in [5.41, 5.74) is 1.15. The topological polar surface area (TPSA) is 46.3 Å². The van der Waals surface area contributed by atoms with E-state index in [0.29, 0.717) is 12.3 Å². The standard InChI is InChI=1S/C15H22N2O2/c1-14(2)11-5-6-17(4)12(18)8-15(11,3)7-10-9-16-19-13(10)14/h9,11H,5-8H2,1-4H3/t11-,15+/m0/s1. The van der Waals surface area contributed by atoms with Crippen LogP contribution in [0.2, 0.25) is 0 Å².